The summed E-state index contributed by atoms with van der Waals surface area (Å²) in [5.74, 6) is 0.908. The zero-order chi connectivity index (χ0) is 8.39. The number of para-hydroxylation sites is 2. The summed E-state index contributed by atoms with van der Waals surface area (Å²) in [5, 5.41) is 0. The molecular weight excluding hydrogens is 148 g/mol. The van der Waals surface area contributed by atoms with Crippen LogP contribution in [-0.4, -0.2) is 28.2 Å². The molecule has 2 rings (SSSR count). The van der Waals surface area contributed by atoms with Crippen LogP contribution in [0.5, 0.6) is 5.75 Å². The SMILES string of the molecule is [B][B]N1CCOc2ccccc21. The molecule has 1 aromatic rings. The van der Waals surface area contributed by atoms with Gasteiger partial charge < -0.3 is 9.55 Å². The average Bonchev–Trinajstić information content (AvgIpc) is 2.17. The Labute approximate surface area is 74.2 Å². The van der Waals surface area contributed by atoms with Crippen molar-refractivity contribution in [1.82, 2.24) is 0 Å². The van der Waals surface area contributed by atoms with E-state index in [1.807, 2.05) is 29.1 Å². The number of hydrogen-bond donors (Lipinski definition) is 0. The number of anilines is 1. The lowest BCUT2D eigenvalue weighted by atomic mass is 9.65. The summed E-state index contributed by atoms with van der Waals surface area (Å²) in [6.07, 6.45) is 0. The number of benzene rings is 1. The van der Waals surface area contributed by atoms with E-state index >= 15 is 0 Å². The molecule has 1 aliphatic heterocycles. The summed E-state index contributed by atoms with van der Waals surface area (Å²) in [6, 6.07) is 7.88. The summed E-state index contributed by atoms with van der Waals surface area (Å²) in [6.45, 7) is 1.53. The fourth-order valence-electron chi connectivity index (χ4n) is 1.35. The minimum absolute atomic E-state index is 0.699. The summed E-state index contributed by atoms with van der Waals surface area (Å²) in [7, 11) is 7.05. The number of fused-ring (bicyclic) bond motifs is 1. The van der Waals surface area contributed by atoms with Crippen LogP contribution in [0.3, 0.4) is 0 Å². The first kappa shape index (κ1) is 7.59. The summed E-state index contributed by atoms with van der Waals surface area (Å²) in [5.41, 5.74) is 1.05. The van der Waals surface area contributed by atoms with Crippen molar-refractivity contribution in [2.45, 2.75) is 0 Å². The third kappa shape index (κ3) is 1.17. The Hall–Kier alpha value is -1.05. The van der Waals surface area contributed by atoms with Gasteiger partial charge in [-0.15, -0.1) is 0 Å². The number of nitrogens with zero attached hydrogens (tertiary/aromatic N) is 1. The molecule has 0 amide bonds. The first-order valence-corrected chi connectivity index (χ1v) is 3.95. The zero-order valence-electron chi connectivity index (χ0n) is 6.73. The molecule has 0 saturated carbocycles. The maximum absolute atomic E-state index is 5.46. The Morgan fingerprint density at radius 3 is 3.08 bits per heavy atom. The number of ether oxygens (including phenoxy) is 1. The Bertz CT molecular complexity index is 280. The molecule has 0 bridgehead atoms. The largest absolute Gasteiger partial charge is 0.490 e. The minimum atomic E-state index is 0.699. The van der Waals surface area contributed by atoms with Crippen molar-refractivity contribution in [3.8, 4) is 5.75 Å². The van der Waals surface area contributed by atoms with Crippen LogP contribution in [0.2, 0.25) is 0 Å². The first-order valence-electron chi connectivity index (χ1n) is 3.95. The lowest BCUT2D eigenvalue weighted by Crippen LogP contribution is -2.35. The quantitative estimate of drug-likeness (QED) is 0.551. The molecule has 0 N–H and O–H groups in total. The summed E-state index contributed by atoms with van der Waals surface area (Å²) >= 11 is 0. The molecule has 3 radical (unpaired) electrons. The van der Waals surface area contributed by atoms with Crippen molar-refractivity contribution < 1.29 is 4.74 Å². The van der Waals surface area contributed by atoms with E-state index in [9.17, 15) is 0 Å². The van der Waals surface area contributed by atoms with Gasteiger partial charge in [-0.05, 0) is 12.1 Å². The van der Waals surface area contributed by atoms with Gasteiger partial charge in [0.15, 0.2) is 7.31 Å². The molecule has 4 heteroatoms. The molecule has 1 heterocycles. The number of hydrogen-bond acceptors (Lipinski definition) is 2. The van der Waals surface area contributed by atoms with Crippen LogP contribution in [0.15, 0.2) is 24.3 Å². The Kier molecular flexibility index (Phi) is 1.98. The van der Waals surface area contributed by atoms with Gasteiger partial charge in [0.25, 0.3) is 0 Å². The third-order valence-electron chi connectivity index (χ3n) is 1.94. The van der Waals surface area contributed by atoms with Gasteiger partial charge in [-0.1, -0.05) is 12.1 Å². The second-order valence-electron chi connectivity index (χ2n) is 2.66. The van der Waals surface area contributed by atoms with Crippen molar-refractivity contribution in [3.63, 3.8) is 0 Å². The van der Waals surface area contributed by atoms with E-state index in [4.69, 9.17) is 12.5 Å². The van der Waals surface area contributed by atoms with E-state index in [0.717, 1.165) is 18.0 Å². The molecule has 57 valence electrons. The van der Waals surface area contributed by atoms with Gasteiger partial charge in [-0.3, -0.25) is 0 Å². The van der Waals surface area contributed by atoms with Gasteiger partial charge in [0, 0.05) is 14.3 Å². The van der Waals surface area contributed by atoms with Crippen molar-refractivity contribution in [2.24, 2.45) is 0 Å². The van der Waals surface area contributed by atoms with Crippen LogP contribution >= 0.6 is 0 Å². The molecule has 1 aliphatic rings. The number of rotatable bonds is 1. The highest BCUT2D eigenvalue weighted by atomic mass is 16.5. The van der Waals surface area contributed by atoms with E-state index in [1.54, 1.807) is 7.31 Å². The van der Waals surface area contributed by atoms with Gasteiger partial charge in [0.2, 0.25) is 0 Å². The van der Waals surface area contributed by atoms with Crippen LogP contribution in [-0.2, 0) is 0 Å². The average molecular weight is 156 g/mol. The van der Waals surface area contributed by atoms with Crippen LogP contribution in [0.25, 0.3) is 0 Å². The fourth-order valence-corrected chi connectivity index (χ4v) is 1.35. The van der Waals surface area contributed by atoms with Gasteiger partial charge in [-0.25, -0.2) is 0 Å². The van der Waals surface area contributed by atoms with Crippen molar-refractivity contribution in [2.75, 3.05) is 18.0 Å². The molecule has 0 fully saturated rings. The molecule has 12 heavy (non-hydrogen) atoms. The van der Waals surface area contributed by atoms with Gasteiger partial charge in [0.05, 0.1) is 5.69 Å². The third-order valence-corrected chi connectivity index (χ3v) is 1.94. The van der Waals surface area contributed by atoms with Gasteiger partial charge >= 0.3 is 0 Å². The molecule has 0 saturated heterocycles. The van der Waals surface area contributed by atoms with E-state index in [0.29, 0.717) is 6.61 Å². The van der Waals surface area contributed by atoms with Crippen LogP contribution in [0, 0.1) is 0 Å². The molecule has 0 unspecified atom stereocenters. The maximum Gasteiger partial charge on any atom is 0.184 e. The van der Waals surface area contributed by atoms with Crippen LogP contribution < -0.4 is 9.55 Å². The van der Waals surface area contributed by atoms with Gasteiger partial charge in [0.1, 0.15) is 12.4 Å². The molecule has 2 nitrogen and oxygen atoms in total. The van der Waals surface area contributed by atoms with Crippen LogP contribution in [0.1, 0.15) is 0 Å². The lowest BCUT2D eigenvalue weighted by Gasteiger charge is -2.30. The van der Waals surface area contributed by atoms with E-state index in [-0.39, 0.29) is 0 Å². The van der Waals surface area contributed by atoms with E-state index in [1.165, 1.54) is 0 Å². The van der Waals surface area contributed by atoms with Crippen LogP contribution in [0.4, 0.5) is 5.69 Å². The second kappa shape index (κ2) is 3.13. The Morgan fingerprint density at radius 1 is 1.42 bits per heavy atom. The molecule has 0 aliphatic carbocycles. The molecule has 0 atom stereocenters. The minimum Gasteiger partial charge on any atom is -0.490 e. The smallest absolute Gasteiger partial charge is 0.184 e. The molecule has 0 spiro atoms. The molecular formula is C8H8B2NO. The lowest BCUT2D eigenvalue weighted by molar-refractivity contribution is 0.317. The van der Waals surface area contributed by atoms with Crippen molar-refractivity contribution in [3.05, 3.63) is 24.3 Å². The van der Waals surface area contributed by atoms with Gasteiger partial charge in [-0.2, -0.15) is 0 Å². The van der Waals surface area contributed by atoms with Crippen molar-refractivity contribution in [1.29, 1.82) is 0 Å². The molecule has 0 aromatic heterocycles. The highest BCUT2D eigenvalue weighted by Gasteiger charge is 2.14. The van der Waals surface area contributed by atoms with Crippen molar-refractivity contribution >= 4 is 20.7 Å². The van der Waals surface area contributed by atoms with E-state index < -0.39 is 0 Å². The monoisotopic (exact) mass is 156 g/mol. The fraction of sp³-hybridized carbons (Fsp3) is 0.250. The highest BCUT2D eigenvalue weighted by molar-refractivity contribution is 6.91. The zero-order valence-corrected chi connectivity index (χ0v) is 6.73. The second-order valence-corrected chi connectivity index (χ2v) is 2.66. The predicted molar refractivity (Wildman–Crippen MR) is 50.8 cm³/mol. The Morgan fingerprint density at radius 2 is 2.25 bits per heavy atom. The highest BCUT2D eigenvalue weighted by Crippen LogP contribution is 2.29. The summed E-state index contributed by atoms with van der Waals surface area (Å²) < 4.78 is 5.44. The Balaban J connectivity index is 2.37. The summed E-state index contributed by atoms with van der Waals surface area (Å²) in [4.78, 5) is 1.98. The first-order chi connectivity index (χ1) is 5.92. The predicted octanol–water partition coefficient (Wildman–Crippen LogP) is 0.588. The standard InChI is InChI=1S/C8H8B2NO/c9-10-11-5-6-12-8-4-2-1-3-7(8)11/h1-4H,5-6H2. The van der Waals surface area contributed by atoms with E-state index in [2.05, 4.69) is 0 Å². The maximum atomic E-state index is 5.46. The molecule has 1 aromatic carbocycles. The topological polar surface area (TPSA) is 12.5 Å². The normalized spacial score (nSPS) is 14.8.